The van der Waals surface area contributed by atoms with Gasteiger partial charge in [-0.1, -0.05) is 23.4 Å². The van der Waals surface area contributed by atoms with E-state index < -0.39 is 5.91 Å². The molecule has 0 aliphatic rings. The Kier molecular flexibility index (Phi) is 3.74. The van der Waals surface area contributed by atoms with Gasteiger partial charge in [0.1, 0.15) is 5.03 Å². The van der Waals surface area contributed by atoms with E-state index in [2.05, 4.69) is 4.98 Å². The maximum Gasteiger partial charge on any atom is 0.248 e. The maximum absolute atomic E-state index is 11.1. The highest BCUT2D eigenvalue weighted by molar-refractivity contribution is 7.99. The second kappa shape index (κ2) is 5.29. The first-order valence-electron chi connectivity index (χ1n) is 5.05. The molecule has 0 radical (unpaired) electrons. The topological polar surface area (TPSA) is 82.0 Å². The van der Waals surface area contributed by atoms with E-state index in [4.69, 9.17) is 23.1 Å². The minimum Gasteiger partial charge on any atom is -0.398 e. The molecule has 2 aromatic rings. The summed E-state index contributed by atoms with van der Waals surface area (Å²) in [5, 5.41) is 1.31. The quantitative estimate of drug-likeness (QED) is 0.846. The largest absolute Gasteiger partial charge is 0.398 e. The number of aromatic nitrogens is 1. The molecule has 1 heterocycles. The summed E-state index contributed by atoms with van der Waals surface area (Å²) < 4.78 is 0. The first kappa shape index (κ1) is 12.7. The Labute approximate surface area is 113 Å². The number of carbonyl (C=O) groups excluding carboxylic acids is 1. The van der Waals surface area contributed by atoms with Crippen LogP contribution in [0, 0.1) is 0 Å². The average molecular weight is 280 g/mol. The number of halogens is 1. The fourth-order valence-electron chi connectivity index (χ4n) is 1.31. The van der Waals surface area contributed by atoms with Crippen LogP contribution in [0.3, 0.4) is 0 Å². The van der Waals surface area contributed by atoms with Crippen LogP contribution in [0.25, 0.3) is 0 Å². The summed E-state index contributed by atoms with van der Waals surface area (Å²) in [6, 6.07) is 8.42. The molecule has 92 valence electrons. The number of nitrogen functional groups attached to an aromatic ring is 1. The van der Waals surface area contributed by atoms with E-state index in [1.807, 2.05) is 0 Å². The molecule has 18 heavy (non-hydrogen) atoms. The van der Waals surface area contributed by atoms with Crippen LogP contribution < -0.4 is 11.5 Å². The molecule has 1 aromatic carbocycles. The lowest BCUT2D eigenvalue weighted by molar-refractivity contribution is 0.1000. The smallest absolute Gasteiger partial charge is 0.248 e. The average Bonchev–Trinajstić information content (AvgIpc) is 2.34. The normalized spacial score (nSPS) is 10.3. The van der Waals surface area contributed by atoms with Gasteiger partial charge in [0.05, 0.1) is 5.02 Å². The second-order valence-corrected chi connectivity index (χ2v) is 5.03. The van der Waals surface area contributed by atoms with Crippen LogP contribution in [0.15, 0.2) is 46.5 Å². The number of benzene rings is 1. The third-order valence-corrected chi connectivity index (χ3v) is 3.46. The summed E-state index contributed by atoms with van der Waals surface area (Å²) >= 11 is 7.11. The van der Waals surface area contributed by atoms with Crippen molar-refractivity contribution in [1.29, 1.82) is 0 Å². The molecular weight excluding hydrogens is 270 g/mol. The lowest BCUT2D eigenvalue weighted by atomic mass is 10.2. The van der Waals surface area contributed by atoms with Gasteiger partial charge in [-0.25, -0.2) is 4.98 Å². The van der Waals surface area contributed by atoms with Crippen molar-refractivity contribution in [3.8, 4) is 0 Å². The lowest BCUT2D eigenvalue weighted by Gasteiger charge is -2.06. The number of pyridine rings is 1. The summed E-state index contributed by atoms with van der Waals surface area (Å²) in [5.74, 6) is -0.485. The Morgan fingerprint density at radius 3 is 2.67 bits per heavy atom. The number of nitrogens with two attached hydrogens (primary N) is 2. The van der Waals surface area contributed by atoms with Gasteiger partial charge in [0.25, 0.3) is 0 Å². The number of carbonyl (C=O) groups is 1. The molecule has 0 saturated carbocycles. The third kappa shape index (κ3) is 2.94. The Balaban J connectivity index is 2.30. The Hall–Kier alpha value is -1.72. The molecule has 1 amide bonds. The Morgan fingerprint density at radius 2 is 2.06 bits per heavy atom. The fourth-order valence-corrected chi connectivity index (χ4v) is 2.26. The van der Waals surface area contributed by atoms with Crippen molar-refractivity contribution in [3.05, 3.63) is 47.1 Å². The van der Waals surface area contributed by atoms with Crippen molar-refractivity contribution >= 4 is 35.0 Å². The number of nitrogens with zero attached hydrogens (tertiary/aromatic N) is 1. The van der Waals surface area contributed by atoms with E-state index in [0.29, 0.717) is 16.3 Å². The molecule has 0 fully saturated rings. The lowest BCUT2D eigenvalue weighted by Crippen LogP contribution is -2.11. The molecule has 0 unspecified atom stereocenters. The van der Waals surface area contributed by atoms with Gasteiger partial charge in [0, 0.05) is 22.3 Å². The highest BCUT2D eigenvalue weighted by Gasteiger charge is 2.07. The van der Waals surface area contributed by atoms with E-state index >= 15 is 0 Å². The van der Waals surface area contributed by atoms with Crippen molar-refractivity contribution in [2.75, 3.05) is 5.73 Å². The van der Waals surface area contributed by atoms with Crippen LogP contribution in [-0.4, -0.2) is 10.9 Å². The van der Waals surface area contributed by atoms with Crippen LogP contribution in [0.4, 0.5) is 5.69 Å². The minimum atomic E-state index is -0.485. The van der Waals surface area contributed by atoms with Crippen molar-refractivity contribution in [1.82, 2.24) is 4.98 Å². The zero-order valence-electron chi connectivity index (χ0n) is 9.26. The fraction of sp³-hybridized carbons (Fsp3) is 0. The van der Waals surface area contributed by atoms with Gasteiger partial charge < -0.3 is 11.5 Å². The SMILES string of the molecule is NC(=O)c1ccc(N)c(Sc2ccc(Cl)cn2)c1. The number of anilines is 1. The predicted octanol–water partition coefficient (Wildman–Crippen LogP) is 2.57. The zero-order chi connectivity index (χ0) is 13.1. The van der Waals surface area contributed by atoms with Crippen LogP contribution >= 0.6 is 23.4 Å². The van der Waals surface area contributed by atoms with Gasteiger partial charge >= 0.3 is 0 Å². The van der Waals surface area contributed by atoms with Gasteiger partial charge in [-0.15, -0.1) is 0 Å². The summed E-state index contributed by atoms with van der Waals surface area (Å²) in [4.78, 5) is 16.0. The molecular formula is C12H10ClN3OS. The highest BCUT2D eigenvalue weighted by Crippen LogP contribution is 2.31. The monoisotopic (exact) mass is 279 g/mol. The summed E-state index contributed by atoms with van der Waals surface area (Å²) in [7, 11) is 0. The number of rotatable bonds is 3. The van der Waals surface area contributed by atoms with E-state index in [9.17, 15) is 4.79 Å². The summed E-state index contributed by atoms with van der Waals surface area (Å²) in [6.45, 7) is 0. The number of amides is 1. The zero-order valence-corrected chi connectivity index (χ0v) is 10.8. The van der Waals surface area contributed by atoms with Crippen molar-refractivity contribution in [2.24, 2.45) is 5.73 Å². The Morgan fingerprint density at radius 1 is 1.28 bits per heavy atom. The standard InChI is InChI=1S/C12H10ClN3OS/c13-8-2-4-11(16-6-8)18-10-5-7(12(15)17)1-3-9(10)14/h1-6H,14H2,(H2,15,17). The van der Waals surface area contributed by atoms with Gasteiger partial charge in [-0.05, 0) is 30.3 Å². The van der Waals surface area contributed by atoms with E-state index in [1.165, 1.54) is 11.8 Å². The molecule has 4 N–H and O–H groups in total. The molecule has 0 atom stereocenters. The maximum atomic E-state index is 11.1. The van der Waals surface area contributed by atoms with E-state index in [1.54, 1.807) is 36.5 Å². The number of hydrogen-bond acceptors (Lipinski definition) is 4. The van der Waals surface area contributed by atoms with Gasteiger partial charge in [-0.2, -0.15) is 0 Å². The minimum absolute atomic E-state index is 0.417. The van der Waals surface area contributed by atoms with Gasteiger partial charge in [0.15, 0.2) is 0 Å². The number of primary amides is 1. The highest BCUT2D eigenvalue weighted by atomic mass is 35.5. The first-order valence-corrected chi connectivity index (χ1v) is 6.24. The van der Waals surface area contributed by atoms with Gasteiger partial charge in [0.2, 0.25) is 5.91 Å². The van der Waals surface area contributed by atoms with Crippen molar-refractivity contribution in [2.45, 2.75) is 9.92 Å². The molecule has 0 saturated heterocycles. The number of hydrogen-bond donors (Lipinski definition) is 2. The van der Waals surface area contributed by atoms with Crippen molar-refractivity contribution < 1.29 is 4.79 Å². The second-order valence-electron chi connectivity index (χ2n) is 3.53. The first-order chi connectivity index (χ1) is 8.56. The molecule has 0 spiro atoms. The Bertz CT molecular complexity index is 586. The van der Waals surface area contributed by atoms with Crippen LogP contribution in [-0.2, 0) is 0 Å². The molecule has 0 bridgehead atoms. The van der Waals surface area contributed by atoms with Crippen molar-refractivity contribution in [3.63, 3.8) is 0 Å². The van der Waals surface area contributed by atoms with Crippen LogP contribution in [0.1, 0.15) is 10.4 Å². The summed E-state index contributed by atoms with van der Waals surface area (Å²) in [5.41, 5.74) is 12.1. The third-order valence-electron chi connectivity index (χ3n) is 2.21. The van der Waals surface area contributed by atoms with E-state index in [0.717, 1.165) is 9.92 Å². The van der Waals surface area contributed by atoms with E-state index in [-0.39, 0.29) is 0 Å². The van der Waals surface area contributed by atoms with Crippen LogP contribution in [0.2, 0.25) is 5.02 Å². The molecule has 4 nitrogen and oxygen atoms in total. The molecule has 0 aliphatic heterocycles. The molecule has 6 heteroatoms. The predicted molar refractivity (Wildman–Crippen MR) is 72.7 cm³/mol. The van der Waals surface area contributed by atoms with Gasteiger partial charge in [-0.3, -0.25) is 4.79 Å². The molecule has 1 aromatic heterocycles. The molecule has 0 aliphatic carbocycles. The van der Waals surface area contributed by atoms with Crippen LogP contribution in [0.5, 0.6) is 0 Å². The molecule has 2 rings (SSSR count). The summed E-state index contributed by atoms with van der Waals surface area (Å²) in [6.07, 6.45) is 1.55.